The van der Waals surface area contributed by atoms with Gasteiger partial charge < -0.3 is 14.2 Å². The Kier molecular flexibility index (Phi) is 54.9. The number of ether oxygens (including phenoxy) is 3. The van der Waals surface area contributed by atoms with Crippen LogP contribution in [0.2, 0.25) is 0 Å². The van der Waals surface area contributed by atoms with Crippen molar-refractivity contribution in [3.8, 4) is 0 Å². The van der Waals surface area contributed by atoms with Gasteiger partial charge in [0.2, 0.25) is 0 Å². The molecule has 0 aliphatic heterocycles. The van der Waals surface area contributed by atoms with Gasteiger partial charge in [0.15, 0.2) is 6.10 Å². The largest absolute Gasteiger partial charge is 0.462 e. The van der Waals surface area contributed by atoms with Gasteiger partial charge in [0.05, 0.1) is 0 Å². The Bertz CT molecular complexity index is 1100. The third kappa shape index (κ3) is 59.2. The van der Waals surface area contributed by atoms with E-state index >= 15 is 0 Å². The van der Waals surface area contributed by atoms with Gasteiger partial charge in [-0.2, -0.15) is 0 Å². The van der Waals surface area contributed by atoms with E-state index in [2.05, 4.69) is 41.5 Å². The van der Waals surface area contributed by atoms with Gasteiger partial charge in [-0.3, -0.25) is 14.4 Å². The van der Waals surface area contributed by atoms with Crippen LogP contribution in [0.1, 0.15) is 363 Å². The Balaban J connectivity index is 4.29. The molecule has 0 spiro atoms. The van der Waals surface area contributed by atoms with Crippen molar-refractivity contribution in [1.29, 1.82) is 0 Å². The predicted molar refractivity (Wildman–Crippen MR) is 307 cm³/mol. The number of carbonyl (C=O) groups is 3. The third-order valence-corrected chi connectivity index (χ3v) is 14.9. The van der Waals surface area contributed by atoms with Gasteiger partial charge in [-0.25, -0.2) is 0 Å². The number of unbranched alkanes of at least 4 members (excludes halogenated alkanes) is 41. The lowest BCUT2D eigenvalue weighted by molar-refractivity contribution is -0.167. The zero-order valence-corrected chi connectivity index (χ0v) is 49.0. The van der Waals surface area contributed by atoms with E-state index in [1.54, 1.807) is 0 Å². The molecule has 6 nitrogen and oxygen atoms in total. The molecule has 0 saturated heterocycles. The van der Waals surface area contributed by atoms with Crippen LogP contribution < -0.4 is 0 Å². The molecule has 0 unspecified atom stereocenters. The standard InChI is InChI=1S/C65H126O6/c1-59(2)51-45-39-33-27-21-15-9-7-8-10-18-24-30-36-42-48-54-63(66)69-57-62(71-65(68)56-50-44-38-32-26-20-14-12-17-23-29-35-41-47-53-61(5)6)58-70-64(67)55-49-43-37-31-25-19-13-11-16-22-28-34-40-46-52-60(3)4/h59-62H,7-58H2,1-6H3/t62-/m1/s1. The molecule has 0 bridgehead atoms. The van der Waals surface area contributed by atoms with Crippen molar-refractivity contribution in [2.75, 3.05) is 13.2 Å². The van der Waals surface area contributed by atoms with Crippen LogP contribution >= 0.6 is 0 Å². The molecule has 0 fully saturated rings. The lowest BCUT2D eigenvalue weighted by atomic mass is 10.0. The van der Waals surface area contributed by atoms with Gasteiger partial charge in [-0.05, 0) is 37.0 Å². The molecule has 0 aromatic heterocycles. The van der Waals surface area contributed by atoms with E-state index in [4.69, 9.17) is 14.2 Å². The lowest BCUT2D eigenvalue weighted by Crippen LogP contribution is -2.30. The molecule has 0 aliphatic rings. The van der Waals surface area contributed by atoms with Crippen LogP contribution in [0.25, 0.3) is 0 Å². The van der Waals surface area contributed by atoms with Gasteiger partial charge in [-0.1, -0.05) is 324 Å². The highest BCUT2D eigenvalue weighted by atomic mass is 16.6. The van der Waals surface area contributed by atoms with Crippen molar-refractivity contribution in [3.05, 3.63) is 0 Å². The fraction of sp³-hybridized carbons (Fsp3) is 0.954. The first-order valence-electron chi connectivity index (χ1n) is 32.1. The summed E-state index contributed by atoms with van der Waals surface area (Å²) in [5, 5.41) is 0. The molecule has 0 N–H and O–H groups in total. The molecule has 0 rings (SSSR count). The summed E-state index contributed by atoms with van der Waals surface area (Å²) in [7, 11) is 0. The zero-order valence-electron chi connectivity index (χ0n) is 49.0. The highest BCUT2D eigenvalue weighted by molar-refractivity contribution is 5.71. The highest BCUT2D eigenvalue weighted by Crippen LogP contribution is 2.19. The minimum Gasteiger partial charge on any atom is -0.462 e. The predicted octanol–water partition coefficient (Wildman–Crippen LogP) is 21.5. The van der Waals surface area contributed by atoms with Crippen molar-refractivity contribution in [2.45, 2.75) is 369 Å². The monoisotopic (exact) mass is 1000 g/mol. The van der Waals surface area contributed by atoms with Gasteiger partial charge in [0.25, 0.3) is 0 Å². The van der Waals surface area contributed by atoms with Gasteiger partial charge in [-0.15, -0.1) is 0 Å². The fourth-order valence-electron chi connectivity index (χ4n) is 10.1. The van der Waals surface area contributed by atoms with Crippen molar-refractivity contribution in [3.63, 3.8) is 0 Å². The Morgan fingerprint density at radius 2 is 0.408 bits per heavy atom. The van der Waals surface area contributed by atoms with Crippen LogP contribution in [0.4, 0.5) is 0 Å². The number of hydrogen-bond acceptors (Lipinski definition) is 6. The molecule has 422 valence electrons. The van der Waals surface area contributed by atoms with Crippen molar-refractivity contribution < 1.29 is 28.6 Å². The van der Waals surface area contributed by atoms with Crippen LogP contribution in [-0.4, -0.2) is 37.2 Å². The summed E-state index contributed by atoms with van der Waals surface area (Å²) in [6.07, 6.45) is 61.0. The fourth-order valence-corrected chi connectivity index (χ4v) is 10.1. The van der Waals surface area contributed by atoms with Gasteiger partial charge in [0.1, 0.15) is 13.2 Å². The minimum absolute atomic E-state index is 0.0625. The van der Waals surface area contributed by atoms with Crippen LogP contribution in [0.5, 0.6) is 0 Å². The average molecular weight is 1000 g/mol. The van der Waals surface area contributed by atoms with E-state index in [1.807, 2.05) is 0 Å². The summed E-state index contributed by atoms with van der Waals surface area (Å²) >= 11 is 0. The molecule has 0 amide bonds. The third-order valence-electron chi connectivity index (χ3n) is 14.9. The second-order valence-electron chi connectivity index (χ2n) is 23.8. The van der Waals surface area contributed by atoms with Crippen LogP contribution in [0.3, 0.4) is 0 Å². The summed E-state index contributed by atoms with van der Waals surface area (Å²) < 4.78 is 17.0. The topological polar surface area (TPSA) is 78.9 Å². The molecule has 71 heavy (non-hydrogen) atoms. The molecular formula is C65H126O6. The van der Waals surface area contributed by atoms with Crippen LogP contribution in [-0.2, 0) is 28.6 Å². The van der Waals surface area contributed by atoms with E-state index in [0.717, 1.165) is 75.5 Å². The summed E-state index contributed by atoms with van der Waals surface area (Å²) in [6.45, 7) is 13.8. The molecule has 0 heterocycles. The van der Waals surface area contributed by atoms with Crippen LogP contribution in [0, 0.1) is 17.8 Å². The normalized spacial score (nSPS) is 12.1. The van der Waals surface area contributed by atoms with Crippen molar-refractivity contribution in [1.82, 2.24) is 0 Å². The maximum atomic E-state index is 12.9. The first-order valence-corrected chi connectivity index (χ1v) is 32.1. The van der Waals surface area contributed by atoms with E-state index in [1.165, 1.54) is 244 Å². The SMILES string of the molecule is CC(C)CCCCCCCCCCCCCCCCCCC(=O)OC[C@H](COC(=O)CCCCCCCCCCCCCCCCC(C)C)OC(=O)CCCCCCCCCCCCCCCCC(C)C. The Hall–Kier alpha value is -1.59. The number of rotatable bonds is 58. The van der Waals surface area contributed by atoms with E-state index in [9.17, 15) is 14.4 Å². The molecule has 0 aromatic carbocycles. The molecular weight excluding hydrogens is 877 g/mol. The summed E-state index contributed by atoms with van der Waals surface area (Å²) in [5.41, 5.74) is 0. The zero-order chi connectivity index (χ0) is 51.9. The van der Waals surface area contributed by atoms with Crippen molar-refractivity contribution in [2.24, 2.45) is 17.8 Å². The number of esters is 3. The molecule has 0 saturated carbocycles. The molecule has 6 heteroatoms. The lowest BCUT2D eigenvalue weighted by Gasteiger charge is -2.18. The smallest absolute Gasteiger partial charge is 0.306 e. The van der Waals surface area contributed by atoms with E-state index in [0.29, 0.717) is 19.3 Å². The summed E-state index contributed by atoms with van der Waals surface area (Å²) in [4.78, 5) is 38.3. The summed E-state index contributed by atoms with van der Waals surface area (Å²) in [5.74, 6) is 1.71. The van der Waals surface area contributed by atoms with Crippen molar-refractivity contribution >= 4 is 17.9 Å². The number of hydrogen-bond donors (Lipinski definition) is 0. The second-order valence-corrected chi connectivity index (χ2v) is 23.8. The minimum atomic E-state index is -0.764. The Morgan fingerprint density at radius 1 is 0.239 bits per heavy atom. The average Bonchev–Trinajstić information content (AvgIpc) is 3.33. The Labute approximate surface area is 444 Å². The van der Waals surface area contributed by atoms with E-state index < -0.39 is 6.10 Å². The molecule has 0 aliphatic carbocycles. The molecule has 0 aromatic rings. The quantitative estimate of drug-likeness (QED) is 0.0343. The number of carbonyl (C=O) groups excluding carboxylic acids is 3. The highest BCUT2D eigenvalue weighted by Gasteiger charge is 2.19. The molecule has 0 radical (unpaired) electrons. The first kappa shape index (κ1) is 69.4. The Morgan fingerprint density at radius 3 is 0.606 bits per heavy atom. The molecule has 1 atom stereocenters. The van der Waals surface area contributed by atoms with E-state index in [-0.39, 0.29) is 31.1 Å². The summed E-state index contributed by atoms with van der Waals surface area (Å²) in [6, 6.07) is 0. The first-order chi connectivity index (χ1) is 34.6. The maximum Gasteiger partial charge on any atom is 0.306 e. The maximum absolute atomic E-state index is 12.9. The van der Waals surface area contributed by atoms with Gasteiger partial charge in [0, 0.05) is 19.3 Å². The van der Waals surface area contributed by atoms with Gasteiger partial charge >= 0.3 is 17.9 Å². The second kappa shape index (κ2) is 56.1. The van der Waals surface area contributed by atoms with Crippen LogP contribution in [0.15, 0.2) is 0 Å².